The molecule has 1 aromatic carbocycles. The fourth-order valence-electron chi connectivity index (χ4n) is 2.81. The number of hydrogen-bond donors (Lipinski definition) is 2. The molecule has 2 N–H and O–H groups in total. The number of carbonyl (C=O) groups excluding carboxylic acids is 1. The van der Waals surface area contributed by atoms with Crippen molar-refractivity contribution in [2.45, 2.75) is 12.8 Å². The Labute approximate surface area is 131 Å². The molecule has 0 aliphatic carbocycles. The molecule has 116 valence electrons. The first-order valence-corrected chi connectivity index (χ1v) is 8.33. The maximum atomic E-state index is 12.3. The number of benzene rings is 1. The van der Waals surface area contributed by atoms with E-state index in [0.29, 0.717) is 18.3 Å². The molecule has 0 bridgehead atoms. The van der Waals surface area contributed by atoms with Gasteiger partial charge in [-0.3, -0.25) is 4.79 Å². The van der Waals surface area contributed by atoms with Crippen LogP contribution in [0.2, 0.25) is 0 Å². The van der Waals surface area contributed by atoms with E-state index in [-0.39, 0.29) is 11.8 Å². The maximum absolute atomic E-state index is 12.3. The second-order valence-electron chi connectivity index (χ2n) is 5.50. The van der Waals surface area contributed by atoms with E-state index < -0.39 is 0 Å². The largest absolute Gasteiger partial charge is 0.486 e. The number of aromatic nitrogens is 1. The molecule has 0 radical (unpaired) electrons. The lowest BCUT2D eigenvalue weighted by Crippen LogP contribution is -2.34. The van der Waals surface area contributed by atoms with Crippen molar-refractivity contribution in [2.75, 3.05) is 31.6 Å². The zero-order valence-corrected chi connectivity index (χ0v) is 12.9. The summed E-state index contributed by atoms with van der Waals surface area (Å²) in [6.07, 6.45) is 1.76. The van der Waals surface area contributed by atoms with E-state index in [4.69, 9.17) is 9.47 Å². The molecule has 1 aromatic heterocycles. The molecule has 2 aromatic rings. The smallest absolute Gasteiger partial charge is 0.229 e. The predicted molar refractivity (Wildman–Crippen MR) is 84.8 cm³/mol. The third-order valence-electron chi connectivity index (χ3n) is 3.99. The summed E-state index contributed by atoms with van der Waals surface area (Å²) in [4.78, 5) is 16.8. The van der Waals surface area contributed by atoms with E-state index in [1.165, 1.54) is 11.3 Å². The summed E-state index contributed by atoms with van der Waals surface area (Å²) in [6, 6.07) is 3.81. The number of hydrogen-bond acceptors (Lipinski definition) is 6. The van der Waals surface area contributed by atoms with Crippen LogP contribution in [0.3, 0.4) is 0 Å². The van der Waals surface area contributed by atoms with Crippen LogP contribution < -0.4 is 20.1 Å². The first-order valence-electron chi connectivity index (χ1n) is 7.51. The summed E-state index contributed by atoms with van der Waals surface area (Å²) >= 11 is 1.47. The van der Waals surface area contributed by atoms with Crippen LogP contribution in [-0.2, 0) is 4.79 Å². The van der Waals surface area contributed by atoms with Gasteiger partial charge in [0.2, 0.25) is 5.91 Å². The zero-order valence-electron chi connectivity index (χ0n) is 12.1. The number of nitrogens with one attached hydrogen (secondary N) is 2. The highest BCUT2D eigenvalue weighted by atomic mass is 32.1. The van der Waals surface area contributed by atoms with E-state index in [0.717, 1.165) is 47.6 Å². The first kappa shape index (κ1) is 13.8. The maximum Gasteiger partial charge on any atom is 0.229 e. The molecule has 1 fully saturated rings. The molecule has 7 heteroatoms. The second-order valence-corrected chi connectivity index (χ2v) is 6.53. The SMILES string of the molecule is O=C(Nc1nc2cc3c(cc2s1)OCCO3)C1CCNCC1. The van der Waals surface area contributed by atoms with Crippen LogP contribution in [0.1, 0.15) is 12.8 Å². The van der Waals surface area contributed by atoms with Gasteiger partial charge in [-0.1, -0.05) is 11.3 Å². The molecule has 0 unspecified atom stereocenters. The monoisotopic (exact) mass is 319 g/mol. The minimum absolute atomic E-state index is 0.0674. The number of piperidine rings is 1. The molecule has 2 aliphatic rings. The van der Waals surface area contributed by atoms with Gasteiger partial charge in [-0.05, 0) is 25.9 Å². The molecule has 22 heavy (non-hydrogen) atoms. The Morgan fingerprint density at radius 1 is 1.23 bits per heavy atom. The molecular formula is C15H17N3O3S. The third kappa shape index (κ3) is 2.62. The quantitative estimate of drug-likeness (QED) is 0.886. The van der Waals surface area contributed by atoms with Gasteiger partial charge in [0.05, 0.1) is 10.2 Å². The van der Waals surface area contributed by atoms with Crippen molar-refractivity contribution in [2.24, 2.45) is 5.92 Å². The van der Waals surface area contributed by atoms with Crippen LogP contribution in [0.15, 0.2) is 12.1 Å². The fourth-order valence-corrected chi connectivity index (χ4v) is 3.69. The number of thiazole rings is 1. The van der Waals surface area contributed by atoms with Crippen molar-refractivity contribution in [1.29, 1.82) is 0 Å². The van der Waals surface area contributed by atoms with Gasteiger partial charge in [-0.2, -0.15) is 0 Å². The number of ether oxygens (including phenoxy) is 2. The lowest BCUT2D eigenvalue weighted by molar-refractivity contribution is -0.120. The van der Waals surface area contributed by atoms with Crippen molar-refractivity contribution in [1.82, 2.24) is 10.3 Å². The van der Waals surface area contributed by atoms with Gasteiger partial charge in [0.15, 0.2) is 16.6 Å². The van der Waals surface area contributed by atoms with Crippen LogP contribution in [0.25, 0.3) is 10.2 Å². The van der Waals surface area contributed by atoms with Gasteiger partial charge in [0, 0.05) is 18.1 Å². The predicted octanol–water partition coefficient (Wildman–Crippen LogP) is 2.01. The highest BCUT2D eigenvalue weighted by Gasteiger charge is 2.22. The van der Waals surface area contributed by atoms with E-state index in [2.05, 4.69) is 15.6 Å². The van der Waals surface area contributed by atoms with Crippen molar-refractivity contribution in [3.05, 3.63) is 12.1 Å². The first-order chi connectivity index (χ1) is 10.8. The van der Waals surface area contributed by atoms with Gasteiger partial charge in [-0.25, -0.2) is 4.98 Å². The summed E-state index contributed by atoms with van der Waals surface area (Å²) in [6.45, 7) is 2.93. The number of carbonyl (C=O) groups is 1. The van der Waals surface area contributed by atoms with Crippen LogP contribution in [0.4, 0.5) is 5.13 Å². The highest BCUT2D eigenvalue weighted by molar-refractivity contribution is 7.22. The molecule has 1 amide bonds. The van der Waals surface area contributed by atoms with Gasteiger partial charge in [0.1, 0.15) is 13.2 Å². The molecular weight excluding hydrogens is 302 g/mol. The number of anilines is 1. The summed E-state index contributed by atoms with van der Waals surface area (Å²) in [5.41, 5.74) is 0.829. The Bertz CT molecular complexity index is 666. The van der Waals surface area contributed by atoms with E-state index in [9.17, 15) is 4.79 Å². The van der Waals surface area contributed by atoms with Crippen molar-refractivity contribution >= 4 is 32.6 Å². The molecule has 1 saturated heterocycles. The Morgan fingerprint density at radius 3 is 2.73 bits per heavy atom. The van der Waals surface area contributed by atoms with Crippen LogP contribution >= 0.6 is 11.3 Å². The number of nitrogens with zero attached hydrogens (tertiary/aromatic N) is 1. The normalized spacial score (nSPS) is 18.4. The Morgan fingerprint density at radius 2 is 1.95 bits per heavy atom. The standard InChI is InChI=1S/C15H17N3O3S/c19-14(9-1-3-16-4-2-9)18-15-17-10-7-11-12(8-13(10)22-15)21-6-5-20-11/h7-9,16H,1-6H2,(H,17,18,19). The Kier molecular flexibility index (Phi) is 3.59. The third-order valence-corrected chi connectivity index (χ3v) is 4.93. The van der Waals surface area contributed by atoms with E-state index in [1.54, 1.807) is 0 Å². The summed E-state index contributed by atoms with van der Waals surface area (Å²) in [5, 5.41) is 6.86. The van der Waals surface area contributed by atoms with Crippen molar-refractivity contribution < 1.29 is 14.3 Å². The molecule has 4 rings (SSSR count). The Balaban J connectivity index is 1.55. The van der Waals surface area contributed by atoms with Crippen molar-refractivity contribution in [3.63, 3.8) is 0 Å². The number of fused-ring (bicyclic) bond motifs is 2. The molecule has 0 saturated carbocycles. The molecule has 2 aliphatic heterocycles. The van der Waals surface area contributed by atoms with Crippen LogP contribution in [-0.4, -0.2) is 37.2 Å². The van der Waals surface area contributed by atoms with Gasteiger partial charge >= 0.3 is 0 Å². The van der Waals surface area contributed by atoms with Gasteiger partial charge < -0.3 is 20.1 Å². The minimum atomic E-state index is 0.0674. The summed E-state index contributed by atoms with van der Waals surface area (Å²) in [7, 11) is 0. The number of rotatable bonds is 2. The fraction of sp³-hybridized carbons (Fsp3) is 0.467. The average Bonchev–Trinajstić information content (AvgIpc) is 2.94. The topological polar surface area (TPSA) is 72.5 Å². The highest BCUT2D eigenvalue weighted by Crippen LogP contribution is 2.37. The van der Waals surface area contributed by atoms with Gasteiger partial charge in [-0.15, -0.1) is 0 Å². The number of amides is 1. The van der Waals surface area contributed by atoms with Crippen LogP contribution in [0, 0.1) is 5.92 Å². The summed E-state index contributed by atoms with van der Waals surface area (Å²) in [5.74, 6) is 1.62. The van der Waals surface area contributed by atoms with E-state index >= 15 is 0 Å². The van der Waals surface area contributed by atoms with Crippen LogP contribution in [0.5, 0.6) is 11.5 Å². The molecule has 0 atom stereocenters. The lowest BCUT2D eigenvalue weighted by Gasteiger charge is -2.20. The molecule has 6 nitrogen and oxygen atoms in total. The van der Waals surface area contributed by atoms with E-state index in [1.807, 2.05) is 12.1 Å². The van der Waals surface area contributed by atoms with Gasteiger partial charge in [0.25, 0.3) is 0 Å². The second kappa shape index (κ2) is 5.73. The lowest BCUT2D eigenvalue weighted by atomic mass is 9.97. The molecule has 3 heterocycles. The Hall–Kier alpha value is -1.86. The van der Waals surface area contributed by atoms with Crippen molar-refractivity contribution in [3.8, 4) is 11.5 Å². The average molecular weight is 319 g/mol. The zero-order chi connectivity index (χ0) is 14.9. The minimum Gasteiger partial charge on any atom is -0.486 e. The summed E-state index contributed by atoms with van der Waals surface area (Å²) < 4.78 is 12.1. The molecule has 0 spiro atoms.